The number of hydrazine groups is 4. The number of rotatable bonds is 1. The number of nitrogens with zero attached hydrogens (tertiary/aromatic N) is 2. The van der Waals surface area contributed by atoms with E-state index in [-0.39, 0.29) is 0 Å². The Balaban J connectivity index is 2.26. The van der Waals surface area contributed by atoms with Crippen LogP contribution in [-0.2, 0) is 0 Å². The van der Waals surface area contributed by atoms with Gasteiger partial charge in [0.05, 0.1) is 6.54 Å². The van der Waals surface area contributed by atoms with Crippen molar-refractivity contribution in [3.05, 3.63) is 10.1 Å². The molecule has 0 radical (unpaired) electrons. The summed E-state index contributed by atoms with van der Waals surface area (Å²) < 4.78 is 0. The molecule has 0 aliphatic carbocycles. The molecule has 0 aromatic rings. The van der Waals surface area contributed by atoms with E-state index in [1.807, 2.05) is 0 Å². The van der Waals surface area contributed by atoms with Gasteiger partial charge in [0.25, 0.3) is 0 Å². The van der Waals surface area contributed by atoms with Gasteiger partial charge in [0.1, 0.15) is 0 Å². The first-order chi connectivity index (χ1) is 8.30. The average Bonchev–Trinajstić information content (AvgIpc) is 2.31. The van der Waals surface area contributed by atoms with Gasteiger partial charge in [-0.25, -0.2) is 15.5 Å². The van der Waals surface area contributed by atoms with Crippen LogP contribution in [0.2, 0.25) is 0 Å². The summed E-state index contributed by atoms with van der Waals surface area (Å²) in [5.74, 6) is 0. The minimum absolute atomic E-state index is 0.418. The summed E-state index contributed by atoms with van der Waals surface area (Å²) in [6.07, 6.45) is 9.20. The lowest BCUT2D eigenvalue weighted by Gasteiger charge is -2.16. The molecule has 1 rings (SSSR count). The Morgan fingerprint density at radius 1 is 0.941 bits per heavy atom. The Bertz CT molecular complexity index is 201. The fourth-order valence-electron chi connectivity index (χ4n) is 1.88. The molecular weight excluding hydrogens is 222 g/mol. The van der Waals surface area contributed by atoms with E-state index in [1.54, 1.807) is 0 Å². The Kier molecular flexibility index (Phi) is 7.61. The van der Waals surface area contributed by atoms with Gasteiger partial charge in [-0.2, -0.15) is 5.53 Å². The number of nitro groups is 1. The van der Waals surface area contributed by atoms with Crippen molar-refractivity contribution >= 4 is 0 Å². The molecule has 0 aromatic heterocycles. The molecule has 7 heteroatoms. The van der Waals surface area contributed by atoms with Crippen molar-refractivity contribution in [1.29, 1.82) is 0 Å². The van der Waals surface area contributed by atoms with Crippen molar-refractivity contribution in [1.82, 2.24) is 21.6 Å². The molecule has 3 N–H and O–H groups in total. The van der Waals surface area contributed by atoms with E-state index in [2.05, 4.69) is 16.5 Å². The monoisotopic (exact) mass is 245 g/mol. The zero-order valence-corrected chi connectivity index (χ0v) is 10.3. The number of hydrogen-bond acceptors (Lipinski definition) is 5. The van der Waals surface area contributed by atoms with Crippen LogP contribution in [0.15, 0.2) is 0 Å². The molecule has 1 fully saturated rings. The molecule has 1 heterocycles. The third kappa shape index (κ3) is 7.09. The molecule has 0 bridgehead atoms. The SMILES string of the molecule is O=[N+]([O-])N1CCCCCCCCCCNNN1. The third-order valence-electron chi connectivity index (χ3n) is 2.89. The fourth-order valence-corrected chi connectivity index (χ4v) is 1.88. The second-order valence-corrected chi connectivity index (χ2v) is 4.35. The molecule has 1 saturated heterocycles. The van der Waals surface area contributed by atoms with Crippen LogP contribution < -0.4 is 16.5 Å². The highest BCUT2D eigenvalue weighted by molar-refractivity contribution is 4.50. The first-order valence-electron chi connectivity index (χ1n) is 6.46. The standard InChI is InChI=1S/C10H23N5O2/c16-15(17)14-10-8-6-4-2-1-3-5-7-9-11-12-13-14/h11-13H,1-10H2. The van der Waals surface area contributed by atoms with Crippen LogP contribution in [-0.4, -0.2) is 23.2 Å². The molecular formula is C10H23N5O2. The maximum Gasteiger partial charge on any atom is 0.177 e. The van der Waals surface area contributed by atoms with Crippen molar-refractivity contribution in [2.24, 2.45) is 0 Å². The van der Waals surface area contributed by atoms with E-state index < -0.39 is 5.03 Å². The van der Waals surface area contributed by atoms with Crippen LogP contribution in [0.25, 0.3) is 0 Å². The first-order valence-corrected chi connectivity index (χ1v) is 6.46. The van der Waals surface area contributed by atoms with Crippen LogP contribution in [0.4, 0.5) is 0 Å². The predicted octanol–water partition coefficient (Wildman–Crippen LogP) is 1.13. The highest BCUT2D eigenvalue weighted by atomic mass is 16.7. The van der Waals surface area contributed by atoms with Crippen LogP contribution >= 0.6 is 0 Å². The zero-order chi connectivity index (χ0) is 12.3. The summed E-state index contributed by atoms with van der Waals surface area (Å²) in [5.41, 5.74) is 8.12. The van der Waals surface area contributed by atoms with Crippen LogP contribution in [0.1, 0.15) is 51.4 Å². The van der Waals surface area contributed by atoms with Gasteiger partial charge in [-0.3, -0.25) is 0 Å². The van der Waals surface area contributed by atoms with Gasteiger partial charge < -0.3 is 0 Å². The van der Waals surface area contributed by atoms with Crippen LogP contribution in [0.5, 0.6) is 0 Å². The maximum absolute atomic E-state index is 10.7. The van der Waals surface area contributed by atoms with Gasteiger partial charge in [0.2, 0.25) is 0 Å². The molecule has 7 nitrogen and oxygen atoms in total. The topological polar surface area (TPSA) is 82.5 Å². The van der Waals surface area contributed by atoms with E-state index >= 15 is 0 Å². The second kappa shape index (κ2) is 9.15. The molecule has 100 valence electrons. The van der Waals surface area contributed by atoms with Crippen LogP contribution in [0.3, 0.4) is 0 Å². The van der Waals surface area contributed by atoms with Gasteiger partial charge in [-0.05, 0) is 18.0 Å². The molecule has 0 unspecified atom stereocenters. The summed E-state index contributed by atoms with van der Waals surface area (Å²) >= 11 is 0. The molecule has 0 atom stereocenters. The van der Waals surface area contributed by atoms with Gasteiger partial charge in [0, 0.05) is 6.54 Å². The molecule has 0 spiro atoms. The minimum atomic E-state index is -0.430. The van der Waals surface area contributed by atoms with Crippen molar-refractivity contribution in [2.45, 2.75) is 51.4 Å². The van der Waals surface area contributed by atoms with Crippen LogP contribution in [0, 0.1) is 10.1 Å². The molecule has 1 aliphatic rings. The van der Waals surface area contributed by atoms with Gasteiger partial charge in [-0.1, -0.05) is 38.5 Å². The molecule has 1 aliphatic heterocycles. The molecule has 0 aromatic carbocycles. The van der Waals surface area contributed by atoms with Gasteiger partial charge in [0.15, 0.2) is 5.03 Å². The van der Waals surface area contributed by atoms with Crippen molar-refractivity contribution in [3.63, 3.8) is 0 Å². The predicted molar refractivity (Wildman–Crippen MR) is 64.9 cm³/mol. The minimum Gasteiger partial charge on any atom is -0.243 e. The van der Waals surface area contributed by atoms with E-state index in [4.69, 9.17) is 0 Å². The zero-order valence-electron chi connectivity index (χ0n) is 10.3. The molecule has 0 saturated carbocycles. The van der Waals surface area contributed by atoms with E-state index in [0.717, 1.165) is 30.9 Å². The largest absolute Gasteiger partial charge is 0.243 e. The van der Waals surface area contributed by atoms with Crippen molar-refractivity contribution in [2.75, 3.05) is 13.1 Å². The van der Waals surface area contributed by atoms with Gasteiger partial charge >= 0.3 is 0 Å². The maximum atomic E-state index is 10.7. The van der Waals surface area contributed by atoms with E-state index in [9.17, 15) is 10.1 Å². The number of nitrogens with one attached hydrogen (secondary N) is 3. The lowest BCUT2D eigenvalue weighted by Crippen LogP contribution is -2.55. The Morgan fingerprint density at radius 2 is 1.53 bits per heavy atom. The fraction of sp³-hybridized carbons (Fsp3) is 1.00. The summed E-state index contributed by atoms with van der Waals surface area (Å²) in [6.45, 7) is 1.24. The van der Waals surface area contributed by atoms with E-state index in [0.29, 0.717) is 6.54 Å². The third-order valence-corrected chi connectivity index (χ3v) is 2.89. The summed E-state index contributed by atoms with van der Waals surface area (Å²) in [7, 11) is 0. The Hall–Kier alpha value is -0.920. The van der Waals surface area contributed by atoms with Crippen molar-refractivity contribution in [3.8, 4) is 0 Å². The normalized spacial score (nSPS) is 21.8. The summed E-state index contributed by atoms with van der Waals surface area (Å²) in [6, 6.07) is 0. The smallest absolute Gasteiger partial charge is 0.177 e. The summed E-state index contributed by atoms with van der Waals surface area (Å²) in [5, 5.41) is 11.3. The van der Waals surface area contributed by atoms with Crippen molar-refractivity contribution < 1.29 is 5.03 Å². The average molecular weight is 245 g/mol. The molecule has 0 amide bonds. The van der Waals surface area contributed by atoms with Gasteiger partial charge in [-0.15, -0.1) is 5.53 Å². The summed E-state index contributed by atoms with van der Waals surface area (Å²) in [4.78, 5) is 10.7. The Morgan fingerprint density at radius 3 is 2.18 bits per heavy atom. The first kappa shape index (κ1) is 14.1. The lowest BCUT2D eigenvalue weighted by atomic mass is 10.1. The highest BCUT2D eigenvalue weighted by Gasteiger charge is 2.12. The quantitative estimate of drug-likeness (QED) is 0.474. The molecule has 17 heavy (non-hydrogen) atoms. The Labute approximate surface area is 102 Å². The number of hydrogen-bond donors (Lipinski definition) is 3. The lowest BCUT2D eigenvalue weighted by molar-refractivity contribution is -0.673. The highest BCUT2D eigenvalue weighted by Crippen LogP contribution is 2.08. The second-order valence-electron chi connectivity index (χ2n) is 4.35. The van der Waals surface area contributed by atoms with E-state index in [1.165, 1.54) is 32.1 Å².